The maximum absolute atomic E-state index is 12.1. The van der Waals surface area contributed by atoms with Crippen molar-refractivity contribution in [1.29, 1.82) is 0 Å². The van der Waals surface area contributed by atoms with E-state index in [2.05, 4.69) is 10.6 Å². The van der Waals surface area contributed by atoms with Gasteiger partial charge in [-0.3, -0.25) is 14.5 Å². The van der Waals surface area contributed by atoms with Gasteiger partial charge in [0.05, 0.1) is 19.3 Å². The summed E-state index contributed by atoms with van der Waals surface area (Å²) in [4.78, 5) is 24.9. The molecule has 152 valence electrons. The number of hydrogen-bond acceptors (Lipinski definition) is 6. The minimum absolute atomic E-state index is 0.00967. The van der Waals surface area contributed by atoms with Crippen LogP contribution in [0.5, 0.6) is 0 Å². The van der Waals surface area contributed by atoms with E-state index in [4.69, 9.17) is 5.11 Å². The van der Waals surface area contributed by atoms with Gasteiger partial charge in [0.1, 0.15) is 5.70 Å². The second-order valence-electron chi connectivity index (χ2n) is 6.78. The van der Waals surface area contributed by atoms with Gasteiger partial charge in [0.2, 0.25) is 0 Å². The van der Waals surface area contributed by atoms with Crippen LogP contribution in [0.3, 0.4) is 0 Å². The quantitative estimate of drug-likeness (QED) is 0.356. The molecule has 1 aliphatic rings. The summed E-state index contributed by atoms with van der Waals surface area (Å²) in [6, 6.07) is 17.1. The Labute approximate surface area is 169 Å². The van der Waals surface area contributed by atoms with Gasteiger partial charge in [0, 0.05) is 18.3 Å². The normalized spacial score (nSPS) is 14.8. The van der Waals surface area contributed by atoms with Gasteiger partial charge in [-0.15, -0.1) is 0 Å². The van der Waals surface area contributed by atoms with Crippen LogP contribution >= 0.6 is 0 Å². The summed E-state index contributed by atoms with van der Waals surface area (Å²) in [5.74, 6) is -0.860. The van der Waals surface area contributed by atoms with E-state index in [9.17, 15) is 14.7 Å². The topological polar surface area (TPSA) is 102 Å². The van der Waals surface area contributed by atoms with E-state index in [0.717, 1.165) is 29.0 Å². The summed E-state index contributed by atoms with van der Waals surface area (Å²) < 4.78 is 0. The molecular formula is C22H25N3O4. The number of hydrogen-bond donors (Lipinski definition) is 4. The summed E-state index contributed by atoms with van der Waals surface area (Å²) in [6.45, 7) is 0.942. The lowest BCUT2D eigenvalue weighted by Crippen LogP contribution is -2.34. The molecule has 0 radical (unpaired) electrons. The van der Waals surface area contributed by atoms with Crippen LogP contribution in [0.4, 0.5) is 5.69 Å². The summed E-state index contributed by atoms with van der Waals surface area (Å²) >= 11 is 0. The molecule has 0 saturated heterocycles. The number of nitrogens with one attached hydrogen (secondary N) is 2. The summed E-state index contributed by atoms with van der Waals surface area (Å²) in [7, 11) is 0. The predicted octanol–water partition coefficient (Wildman–Crippen LogP) is 1.21. The van der Waals surface area contributed by atoms with Crippen molar-refractivity contribution >= 4 is 17.5 Å². The number of β-amino-alcohol motifs (C(OH)–C–C–N with tert-alkyl or cyclic N) is 1. The smallest absolute Gasteiger partial charge is 0.277 e. The minimum atomic E-state index is -0.534. The van der Waals surface area contributed by atoms with Crippen molar-refractivity contribution in [2.45, 2.75) is 12.5 Å². The summed E-state index contributed by atoms with van der Waals surface area (Å²) in [6.07, 6.45) is 1.51. The van der Waals surface area contributed by atoms with Crippen molar-refractivity contribution in [3.63, 3.8) is 0 Å². The highest BCUT2D eigenvalue weighted by Gasteiger charge is 2.30. The zero-order valence-electron chi connectivity index (χ0n) is 16.0. The number of rotatable bonds is 10. The molecule has 7 nitrogen and oxygen atoms in total. The van der Waals surface area contributed by atoms with Crippen LogP contribution in [-0.2, 0) is 16.0 Å². The Bertz CT molecular complexity index is 865. The highest BCUT2D eigenvalue weighted by molar-refractivity contribution is 6.17. The Morgan fingerprint density at radius 3 is 2.41 bits per heavy atom. The fourth-order valence-electron chi connectivity index (χ4n) is 3.08. The molecule has 0 aromatic heterocycles. The number of benzene rings is 2. The first-order valence-electron chi connectivity index (χ1n) is 9.56. The highest BCUT2D eigenvalue weighted by Crippen LogP contribution is 2.18. The monoisotopic (exact) mass is 395 g/mol. The number of anilines is 1. The molecule has 1 unspecified atom stereocenters. The van der Waals surface area contributed by atoms with Gasteiger partial charge in [-0.05, 0) is 36.2 Å². The van der Waals surface area contributed by atoms with E-state index in [1.807, 2.05) is 54.6 Å². The van der Waals surface area contributed by atoms with Gasteiger partial charge < -0.3 is 20.8 Å². The Hall–Kier alpha value is -3.00. The maximum atomic E-state index is 12.1. The lowest BCUT2D eigenvalue weighted by Gasteiger charge is -2.14. The molecule has 0 fully saturated rings. The summed E-state index contributed by atoms with van der Waals surface area (Å²) in [5.41, 5.74) is 2.91. The van der Waals surface area contributed by atoms with E-state index in [1.165, 1.54) is 6.08 Å². The first kappa shape index (κ1) is 20.7. The van der Waals surface area contributed by atoms with Crippen LogP contribution in [-0.4, -0.2) is 53.2 Å². The molecule has 1 atom stereocenters. The van der Waals surface area contributed by atoms with Crippen LogP contribution in [0, 0.1) is 0 Å². The fraction of sp³-hybridized carbons (Fsp3) is 0.273. The maximum Gasteiger partial charge on any atom is 0.277 e. The van der Waals surface area contributed by atoms with Crippen molar-refractivity contribution in [2.75, 3.05) is 31.6 Å². The molecule has 29 heavy (non-hydrogen) atoms. The van der Waals surface area contributed by atoms with Gasteiger partial charge in [-0.25, -0.2) is 0 Å². The van der Waals surface area contributed by atoms with E-state index in [0.29, 0.717) is 12.2 Å². The average molecular weight is 395 g/mol. The lowest BCUT2D eigenvalue weighted by molar-refractivity contribution is -0.137. The molecule has 3 rings (SSSR count). The van der Waals surface area contributed by atoms with Crippen LogP contribution in [0.25, 0.3) is 0 Å². The Kier molecular flexibility index (Phi) is 7.13. The van der Waals surface area contributed by atoms with Crippen molar-refractivity contribution in [3.8, 4) is 0 Å². The van der Waals surface area contributed by atoms with Crippen molar-refractivity contribution < 1.29 is 19.8 Å². The first-order valence-corrected chi connectivity index (χ1v) is 9.56. The molecular weight excluding hydrogens is 370 g/mol. The first-order chi connectivity index (χ1) is 14.1. The van der Waals surface area contributed by atoms with Crippen molar-refractivity contribution in [1.82, 2.24) is 10.2 Å². The molecule has 0 aliphatic carbocycles. The Morgan fingerprint density at radius 2 is 1.72 bits per heavy atom. The minimum Gasteiger partial charge on any atom is -0.395 e. The van der Waals surface area contributed by atoms with Gasteiger partial charge in [0.15, 0.2) is 0 Å². The second kappa shape index (κ2) is 9.97. The number of nitrogens with zero attached hydrogens (tertiary/aromatic N) is 1. The molecule has 2 aromatic rings. The van der Waals surface area contributed by atoms with Gasteiger partial charge >= 0.3 is 0 Å². The molecule has 4 N–H and O–H groups in total. The van der Waals surface area contributed by atoms with Crippen LogP contribution in [0.15, 0.2) is 66.4 Å². The number of carbonyl (C=O) groups is 2. The van der Waals surface area contributed by atoms with E-state index in [1.54, 1.807) is 0 Å². The molecule has 0 spiro atoms. The number of aliphatic hydroxyl groups is 2. The zero-order valence-corrected chi connectivity index (χ0v) is 16.0. The summed E-state index contributed by atoms with van der Waals surface area (Å²) in [5, 5.41) is 25.3. The molecule has 2 aromatic carbocycles. The molecule has 1 aliphatic heterocycles. The fourth-order valence-corrected chi connectivity index (χ4v) is 3.08. The zero-order chi connectivity index (χ0) is 20.6. The molecule has 2 amide bonds. The second-order valence-corrected chi connectivity index (χ2v) is 6.78. The highest BCUT2D eigenvalue weighted by atomic mass is 16.3. The third kappa shape index (κ3) is 5.51. The Morgan fingerprint density at radius 1 is 1.00 bits per heavy atom. The SMILES string of the molecule is O=C1C=C(Nc2ccc(CCNCC(O)c3ccccc3)cc2)C(=O)N1CCO. The predicted molar refractivity (Wildman–Crippen MR) is 110 cm³/mol. The van der Waals surface area contributed by atoms with Crippen molar-refractivity contribution in [2.24, 2.45) is 0 Å². The number of aliphatic hydroxyl groups excluding tert-OH is 2. The number of amides is 2. The molecule has 7 heteroatoms. The van der Waals surface area contributed by atoms with E-state index >= 15 is 0 Å². The van der Waals surface area contributed by atoms with Crippen LogP contribution in [0.2, 0.25) is 0 Å². The van der Waals surface area contributed by atoms with E-state index in [-0.39, 0.29) is 18.8 Å². The van der Waals surface area contributed by atoms with Gasteiger partial charge in [-0.1, -0.05) is 42.5 Å². The van der Waals surface area contributed by atoms with Crippen LogP contribution < -0.4 is 10.6 Å². The molecule has 0 bridgehead atoms. The van der Waals surface area contributed by atoms with Crippen molar-refractivity contribution in [3.05, 3.63) is 77.5 Å². The number of imide groups is 1. The average Bonchev–Trinajstić information content (AvgIpc) is 3.00. The third-order valence-electron chi connectivity index (χ3n) is 4.68. The molecule has 0 saturated carbocycles. The van der Waals surface area contributed by atoms with Gasteiger partial charge in [-0.2, -0.15) is 0 Å². The Balaban J connectivity index is 1.44. The lowest BCUT2D eigenvalue weighted by atomic mass is 10.1. The molecule has 1 heterocycles. The van der Waals surface area contributed by atoms with Crippen LogP contribution in [0.1, 0.15) is 17.2 Å². The van der Waals surface area contributed by atoms with E-state index < -0.39 is 17.9 Å². The number of carbonyl (C=O) groups excluding carboxylic acids is 2. The largest absolute Gasteiger partial charge is 0.395 e. The standard InChI is InChI=1S/C22H25N3O4/c26-13-12-25-21(28)14-19(22(25)29)24-18-8-6-16(7-9-18)10-11-23-15-20(27)17-4-2-1-3-5-17/h1-9,14,20,23-24,26-27H,10-13,15H2. The third-order valence-corrected chi connectivity index (χ3v) is 4.68. The van der Waals surface area contributed by atoms with Gasteiger partial charge in [0.25, 0.3) is 11.8 Å².